The van der Waals surface area contributed by atoms with Crippen molar-refractivity contribution in [3.05, 3.63) is 34.1 Å². The van der Waals surface area contributed by atoms with Gasteiger partial charge in [0.1, 0.15) is 5.82 Å². The third-order valence-corrected chi connectivity index (χ3v) is 4.23. The van der Waals surface area contributed by atoms with E-state index in [1.54, 1.807) is 6.07 Å². The lowest BCUT2D eigenvalue weighted by Crippen LogP contribution is -2.38. The number of nitrogens with one attached hydrogen (secondary N) is 1. The maximum atomic E-state index is 13.7. The van der Waals surface area contributed by atoms with E-state index in [1.165, 1.54) is 37.8 Å². The zero-order chi connectivity index (χ0) is 12.7. The van der Waals surface area contributed by atoms with Crippen LogP contribution in [0.1, 0.15) is 36.0 Å². The molecule has 2 aliphatic rings. The van der Waals surface area contributed by atoms with Crippen LogP contribution in [0, 0.1) is 17.7 Å². The van der Waals surface area contributed by atoms with Crippen molar-refractivity contribution < 1.29 is 9.18 Å². The third-order valence-electron chi connectivity index (χ3n) is 3.73. The Hall–Kier alpha value is -0.900. The zero-order valence-electron chi connectivity index (χ0n) is 9.96. The minimum atomic E-state index is -0.466. The van der Waals surface area contributed by atoms with Crippen molar-refractivity contribution in [1.82, 2.24) is 5.32 Å². The largest absolute Gasteiger partial charge is 0.349 e. The number of carbonyl (C=O) groups excluding carboxylic acids is 1. The fourth-order valence-corrected chi connectivity index (χ4v) is 2.77. The smallest absolute Gasteiger partial charge is 0.254 e. The average Bonchev–Trinajstić information content (AvgIpc) is 3.17. The summed E-state index contributed by atoms with van der Waals surface area (Å²) in [7, 11) is 0. The first-order chi connectivity index (χ1) is 8.65. The molecular formula is C14H15BrFNO. The normalized spacial score (nSPS) is 19.1. The van der Waals surface area contributed by atoms with Gasteiger partial charge in [-0.25, -0.2) is 4.39 Å². The lowest BCUT2D eigenvalue weighted by molar-refractivity contribution is 0.0922. The highest BCUT2D eigenvalue weighted by atomic mass is 79.9. The molecule has 96 valence electrons. The Balaban J connectivity index is 1.73. The van der Waals surface area contributed by atoms with Crippen LogP contribution >= 0.6 is 15.9 Å². The Bertz CT molecular complexity index is 471. The van der Waals surface area contributed by atoms with E-state index in [0.29, 0.717) is 16.3 Å². The number of amides is 1. The summed E-state index contributed by atoms with van der Waals surface area (Å²) in [5.41, 5.74) is 0.143. The van der Waals surface area contributed by atoms with Crippen molar-refractivity contribution in [2.75, 3.05) is 0 Å². The molecule has 2 fully saturated rings. The predicted molar refractivity (Wildman–Crippen MR) is 70.8 cm³/mol. The van der Waals surface area contributed by atoms with E-state index < -0.39 is 5.82 Å². The van der Waals surface area contributed by atoms with Crippen molar-refractivity contribution in [2.24, 2.45) is 11.8 Å². The zero-order valence-corrected chi connectivity index (χ0v) is 11.5. The fraction of sp³-hybridized carbons (Fsp3) is 0.500. The Morgan fingerprint density at radius 2 is 1.89 bits per heavy atom. The highest BCUT2D eigenvalue weighted by molar-refractivity contribution is 9.10. The van der Waals surface area contributed by atoms with E-state index in [1.807, 2.05) is 0 Å². The molecule has 3 rings (SSSR count). The van der Waals surface area contributed by atoms with E-state index in [4.69, 9.17) is 0 Å². The minimum Gasteiger partial charge on any atom is -0.349 e. The molecule has 0 atom stereocenters. The molecule has 2 saturated carbocycles. The first-order valence-corrected chi connectivity index (χ1v) is 7.20. The molecule has 18 heavy (non-hydrogen) atoms. The van der Waals surface area contributed by atoms with Crippen molar-refractivity contribution in [3.63, 3.8) is 0 Å². The lowest BCUT2D eigenvalue weighted by atomic mass is 10.1. The number of hydrogen-bond donors (Lipinski definition) is 1. The number of hydrogen-bond acceptors (Lipinski definition) is 1. The summed E-state index contributed by atoms with van der Waals surface area (Å²) in [6, 6.07) is 4.82. The molecule has 4 heteroatoms. The first kappa shape index (κ1) is 12.2. The Labute approximate surface area is 114 Å². The van der Waals surface area contributed by atoms with Crippen LogP contribution in [0.25, 0.3) is 0 Å². The van der Waals surface area contributed by atoms with Crippen LogP contribution in [0.5, 0.6) is 0 Å². The van der Waals surface area contributed by atoms with E-state index >= 15 is 0 Å². The van der Waals surface area contributed by atoms with Crippen LogP contribution in [-0.4, -0.2) is 11.9 Å². The van der Waals surface area contributed by atoms with Crippen LogP contribution < -0.4 is 5.32 Å². The molecule has 0 bridgehead atoms. The summed E-state index contributed by atoms with van der Waals surface area (Å²) in [6.07, 6.45) is 4.79. The summed E-state index contributed by atoms with van der Waals surface area (Å²) in [4.78, 5) is 12.1. The van der Waals surface area contributed by atoms with E-state index in [-0.39, 0.29) is 17.5 Å². The summed E-state index contributed by atoms with van der Waals surface area (Å²) in [5, 5.41) is 3.02. The van der Waals surface area contributed by atoms with Gasteiger partial charge in [0, 0.05) is 10.5 Å². The van der Waals surface area contributed by atoms with Crippen molar-refractivity contribution >= 4 is 21.8 Å². The molecule has 0 heterocycles. The first-order valence-electron chi connectivity index (χ1n) is 6.41. The molecule has 2 aliphatic carbocycles. The molecule has 1 aromatic carbocycles. The van der Waals surface area contributed by atoms with Crippen LogP contribution in [0.2, 0.25) is 0 Å². The van der Waals surface area contributed by atoms with E-state index in [9.17, 15) is 9.18 Å². The highest BCUT2D eigenvalue weighted by Gasteiger charge is 2.42. The molecule has 2 nitrogen and oxygen atoms in total. The monoisotopic (exact) mass is 311 g/mol. The van der Waals surface area contributed by atoms with Gasteiger partial charge >= 0.3 is 0 Å². The van der Waals surface area contributed by atoms with Crippen molar-refractivity contribution in [1.29, 1.82) is 0 Å². The van der Waals surface area contributed by atoms with Gasteiger partial charge in [-0.15, -0.1) is 0 Å². The SMILES string of the molecule is O=C(NC(C1CC1)C1CC1)c1ccc(Br)cc1F. The third kappa shape index (κ3) is 2.58. The predicted octanol–water partition coefficient (Wildman–Crippen LogP) is 3.51. The molecule has 0 saturated heterocycles. The van der Waals surface area contributed by atoms with Gasteiger partial charge in [-0.05, 0) is 55.7 Å². The molecule has 0 aliphatic heterocycles. The summed E-state index contributed by atoms with van der Waals surface area (Å²) >= 11 is 3.19. The van der Waals surface area contributed by atoms with Crippen LogP contribution in [0.3, 0.4) is 0 Å². The van der Waals surface area contributed by atoms with Gasteiger partial charge in [0.25, 0.3) is 5.91 Å². The summed E-state index contributed by atoms with van der Waals surface area (Å²) in [5.74, 6) is 0.510. The Morgan fingerprint density at radius 1 is 1.28 bits per heavy atom. The van der Waals surface area contributed by atoms with Gasteiger partial charge in [-0.1, -0.05) is 15.9 Å². The number of carbonyl (C=O) groups is 1. The number of halogens is 2. The lowest BCUT2D eigenvalue weighted by Gasteiger charge is -2.17. The standard InChI is InChI=1S/C14H15BrFNO/c15-10-5-6-11(12(16)7-10)14(18)17-13(8-1-2-8)9-3-4-9/h5-9,13H,1-4H2,(H,17,18). The van der Waals surface area contributed by atoms with Gasteiger partial charge < -0.3 is 5.32 Å². The Morgan fingerprint density at radius 3 is 2.39 bits per heavy atom. The van der Waals surface area contributed by atoms with Gasteiger partial charge in [-0.2, -0.15) is 0 Å². The molecule has 0 spiro atoms. The van der Waals surface area contributed by atoms with E-state index in [0.717, 1.165) is 0 Å². The number of rotatable bonds is 4. The highest BCUT2D eigenvalue weighted by Crippen LogP contribution is 2.44. The van der Waals surface area contributed by atoms with Gasteiger partial charge in [-0.3, -0.25) is 4.79 Å². The van der Waals surface area contributed by atoms with Crippen molar-refractivity contribution in [2.45, 2.75) is 31.7 Å². The molecule has 0 radical (unpaired) electrons. The molecule has 0 unspecified atom stereocenters. The second-order valence-corrected chi connectivity index (χ2v) is 6.21. The maximum absolute atomic E-state index is 13.7. The topological polar surface area (TPSA) is 29.1 Å². The summed E-state index contributed by atoms with van der Waals surface area (Å²) < 4.78 is 14.3. The van der Waals surface area contributed by atoms with Gasteiger partial charge in [0.15, 0.2) is 0 Å². The average molecular weight is 312 g/mol. The second kappa shape index (κ2) is 4.65. The molecular weight excluding hydrogens is 297 g/mol. The van der Waals surface area contributed by atoms with Gasteiger partial charge in [0.05, 0.1) is 5.56 Å². The maximum Gasteiger partial charge on any atom is 0.254 e. The molecule has 1 N–H and O–H groups in total. The van der Waals surface area contributed by atoms with Crippen molar-refractivity contribution in [3.8, 4) is 0 Å². The quantitative estimate of drug-likeness (QED) is 0.906. The van der Waals surface area contributed by atoms with Crippen LogP contribution in [0.4, 0.5) is 4.39 Å². The Kier molecular flexibility index (Phi) is 3.14. The number of benzene rings is 1. The molecule has 1 amide bonds. The molecule has 1 aromatic rings. The van der Waals surface area contributed by atoms with Gasteiger partial charge in [0.2, 0.25) is 0 Å². The van der Waals surface area contributed by atoms with Crippen LogP contribution in [0.15, 0.2) is 22.7 Å². The van der Waals surface area contributed by atoms with E-state index in [2.05, 4.69) is 21.2 Å². The minimum absolute atomic E-state index is 0.143. The molecule has 0 aromatic heterocycles. The van der Waals surface area contributed by atoms with Crippen LogP contribution in [-0.2, 0) is 0 Å². The fourth-order valence-electron chi connectivity index (χ4n) is 2.43. The second-order valence-electron chi connectivity index (χ2n) is 5.30. The summed E-state index contributed by atoms with van der Waals surface area (Å²) in [6.45, 7) is 0.